The fraction of sp³-hybridized carbons (Fsp3) is 0. The van der Waals surface area contributed by atoms with Crippen molar-refractivity contribution in [3.8, 4) is 11.1 Å². The minimum absolute atomic E-state index is 0.130. The van der Waals surface area contributed by atoms with Crippen molar-refractivity contribution < 1.29 is 4.79 Å². The van der Waals surface area contributed by atoms with E-state index in [1.807, 2.05) is 53.9 Å². The van der Waals surface area contributed by atoms with Crippen molar-refractivity contribution in [2.24, 2.45) is 0 Å². The zero-order chi connectivity index (χ0) is 15.5. The van der Waals surface area contributed by atoms with Gasteiger partial charge in [0, 0.05) is 16.3 Å². The van der Waals surface area contributed by atoms with Crippen molar-refractivity contribution in [3.63, 3.8) is 0 Å². The molecule has 1 heterocycles. The van der Waals surface area contributed by atoms with Crippen LogP contribution in [0.3, 0.4) is 0 Å². The molecule has 0 aliphatic rings. The van der Waals surface area contributed by atoms with Gasteiger partial charge in [0.25, 0.3) is 5.91 Å². The van der Waals surface area contributed by atoms with Crippen LogP contribution in [0.4, 0.5) is 5.69 Å². The lowest BCUT2D eigenvalue weighted by Gasteiger charge is -2.11. The molecule has 22 heavy (non-hydrogen) atoms. The van der Waals surface area contributed by atoms with Gasteiger partial charge in [-0.15, -0.1) is 11.3 Å². The van der Waals surface area contributed by atoms with Gasteiger partial charge in [-0.3, -0.25) is 4.79 Å². The number of carbonyl (C=O) groups excluding carboxylic acids is 1. The number of anilines is 1. The van der Waals surface area contributed by atoms with E-state index >= 15 is 0 Å². The Labute approximate surface area is 145 Å². The predicted octanol–water partition coefficient (Wildman–Crippen LogP) is 6.08. The molecule has 2 aromatic carbocycles. The molecule has 110 valence electrons. The average Bonchev–Trinajstić information content (AvgIpc) is 2.95. The number of benzene rings is 2. The van der Waals surface area contributed by atoms with Crippen molar-refractivity contribution in [1.29, 1.82) is 0 Å². The number of nitrogens with one attached hydrogen (secondary N) is 1. The lowest BCUT2D eigenvalue weighted by Crippen LogP contribution is -2.12. The van der Waals surface area contributed by atoms with Crippen LogP contribution in [-0.2, 0) is 0 Å². The normalized spacial score (nSPS) is 10.5. The Morgan fingerprint density at radius 3 is 2.45 bits per heavy atom. The highest BCUT2D eigenvalue weighted by molar-refractivity contribution is 9.11. The van der Waals surface area contributed by atoms with Crippen LogP contribution >= 0.6 is 38.9 Å². The van der Waals surface area contributed by atoms with Gasteiger partial charge in [-0.1, -0.05) is 41.9 Å². The second-order valence-electron chi connectivity index (χ2n) is 4.61. The number of thiophene rings is 1. The molecule has 0 fully saturated rings. The SMILES string of the molecule is O=C(Nc1ccccc1-c1ccc(Cl)cc1)c1ccsc1Br. The molecule has 1 aromatic heterocycles. The van der Waals surface area contributed by atoms with E-state index in [0.717, 1.165) is 20.6 Å². The van der Waals surface area contributed by atoms with Crippen LogP contribution in [0.5, 0.6) is 0 Å². The standard InChI is InChI=1S/C17H11BrClNOS/c18-16-14(9-10-22-16)17(21)20-15-4-2-1-3-13(15)11-5-7-12(19)8-6-11/h1-10H,(H,20,21). The highest BCUT2D eigenvalue weighted by Crippen LogP contribution is 2.30. The maximum atomic E-state index is 12.4. The highest BCUT2D eigenvalue weighted by Gasteiger charge is 2.13. The van der Waals surface area contributed by atoms with Crippen LogP contribution in [0.2, 0.25) is 5.02 Å². The molecule has 0 radical (unpaired) electrons. The first-order chi connectivity index (χ1) is 10.6. The Hall–Kier alpha value is -1.62. The molecule has 3 rings (SSSR count). The second kappa shape index (κ2) is 6.65. The number of carbonyl (C=O) groups is 1. The zero-order valence-electron chi connectivity index (χ0n) is 11.3. The lowest BCUT2D eigenvalue weighted by atomic mass is 10.0. The van der Waals surface area contributed by atoms with Crippen LogP contribution in [0.1, 0.15) is 10.4 Å². The van der Waals surface area contributed by atoms with Gasteiger partial charge in [-0.2, -0.15) is 0 Å². The Balaban J connectivity index is 1.93. The number of para-hydroxylation sites is 1. The molecule has 5 heteroatoms. The van der Waals surface area contributed by atoms with Crippen molar-refractivity contribution >= 4 is 50.5 Å². The minimum atomic E-state index is -0.130. The topological polar surface area (TPSA) is 29.1 Å². The first-order valence-electron chi connectivity index (χ1n) is 6.54. The minimum Gasteiger partial charge on any atom is -0.321 e. The summed E-state index contributed by atoms with van der Waals surface area (Å²) in [7, 11) is 0. The molecule has 0 spiro atoms. The highest BCUT2D eigenvalue weighted by atomic mass is 79.9. The van der Waals surface area contributed by atoms with Crippen molar-refractivity contribution in [2.45, 2.75) is 0 Å². The monoisotopic (exact) mass is 391 g/mol. The summed E-state index contributed by atoms with van der Waals surface area (Å²) in [4.78, 5) is 12.4. The van der Waals surface area contributed by atoms with Gasteiger partial charge in [-0.25, -0.2) is 0 Å². The van der Waals surface area contributed by atoms with Crippen LogP contribution in [-0.4, -0.2) is 5.91 Å². The van der Waals surface area contributed by atoms with Crippen LogP contribution in [0, 0.1) is 0 Å². The largest absolute Gasteiger partial charge is 0.321 e. The van der Waals surface area contributed by atoms with Gasteiger partial charge in [-0.05, 0) is 51.1 Å². The van der Waals surface area contributed by atoms with E-state index in [4.69, 9.17) is 11.6 Å². The number of hydrogen-bond acceptors (Lipinski definition) is 2. The number of rotatable bonds is 3. The smallest absolute Gasteiger partial charge is 0.257 e. The van der Waals surface area contributed by atoms with Crippen LogP contribution in [0.15, 0.2) is 63.8 Å². The summed E-state index contributed by atoms with van der Waals surface area (Å²) >= 11 is 10.8. The third-order valence-corrected chi connectivity index (χ3v) is 5.13. The molecule has 2 nitrogen and oxygen atoms in total. The van der Waals surface area contributed by atoms with Gasteiger partial charge in [0.1, 0.15) is 0 Å². The summed E-state index contributed by atoms with van der Waals surface area (Å²) < 4.78 is 0.828. The van der Waals surface area contributed by atoms with Crippen LogP contribution in [0.25, 0.3) is 11.1 Å². The number of halogens is 2. The molecule has 0 bridgehead atoms. The molecule has 0 unspecified atom stereocenters. The lowest BCUT2D eigenvalue weighted by molar-refractivity contribution is 0.102. The second-order valence-corrected chi connectivity index (χ2v) is 7.29. The van der Waals surface area contributed by atoms with Gasteiger partial charge < -0.3 is 5.32 Å². The summed E-state index contributed by atoms with van der Waals surface area (Å²) in [5.41, 5.74) is 3.37. The van der Waals surface area contributed by atoms with E-state index in [-0.39, 0.29) is 5.91 Å². The predicted molar refractivity (Wildman–Crippen MR) is 96.9 cm³/mol. The summed E-state index contributed by atoms with van der Waals surface area (Å²) in [5.74, 6) is -0.130. The van der Waals surface area contributed by atoms with E-state index < -0.39 is 0 Å². The Morgan fingerprint density at radius 2 is 1.77 bits per heavy atom. The summed E-state index contributed by atoms with van der Waals surface area (Å²) in [6, 6.07) is 17.1. The van der Waals surface area contributed by atoms with Gasteiger partial charge in [0.15, 0.2) is 0 Å². The van der Waals surface area contributed by atoms with E-state index in [1.165, 1.54) is 11.3 Å². The first kappa shape index (κ1) is 15.3. The molecular weight excluding hydrogens is 382 g/mol. The van der Waals surface area contributed by atoms with E-state index in [2.05, 4.69) is 21.2 Å². The van der Waals surface area contributed by atoms with E-state index in [9.17, 15) is 4.79 Å². The Kier molecular flexibility index (Phi) is 4.62. The maximum Gasteiger partial charge on any atom is 0.257 e. The van der Waals surface area contributed by atoms with E-state index in [0.29, 0.717) is 10.6 Å². The number of amides is 1. The van der Waals surface area contributed by atoms with Gasteiger partial charge in [0.2, 0.25) is 0 Å². The Morgan fingerprint density at radius 1 is 1.05 bits per heavy atom. The van der Waals surface area contributed by atoms with Crippen molar-refractivity contribution in [2.75, 3.05) is 5.32 Å². The quantitative estimate of drug-likeness (QED) is 0.574. The molecule has 0 aliphatic carbocycles. The first-order valence-corrected chi connectivity index (χ1v) is 8.59. The van der Waals surface area contributed by atoms with Gasteiger partial charge in [0.05, 0.1) is 9.35 Å². The fourth-order valence-electron chi connectivity index (χ4n) is 2.12. The molecule has 0 saturated carbocycles. The third-order valence-electron chi connectivity index (χ3n) is 3.19. The zero-order valence-corrected chi connectivity index (χ0v) is 14.5. The molecule has 0 saturated heterocycles. The molecule has 0 atom stereocenters. The molecule has 0 aliphatic heterocycles. The van der Waals surface area contributed by atoms with Crippen LogP contribution < -0.4 is 5.32 Å². The van der Waals surface area contributed by atoms with Gasteiger partial charge >= 0.3 is 0 Å². The van der Waals surface area contributed by atoms with E-state index in [1.54, 1.807) is 6.07 Å². The molecule has 1 N–H and O–H groups in total. The van der Waals surface area contributed by atoms with Crippen molar-refractivity contribution in [3.05, 3.63) is 74.3 Å². The molecule has 3 aromatic rings. The maximum absolute atomic E-state index is 12.4. The Bertz CT molecular complexity index is 814. The summed E-state index contributed by atoms with van der Waals surface area (Å²) in [5, 5.41) is 5.54. The molecular formula is C17H11BrClNOS. The molecule has 1 amide bonds. The van der Waals surface area contributed by atoms with Crippen molar-refractivity contribution in [1.82, 2.24) is 0 Å². The summed E-state index contributed by atoms with van der Waals surface area (Å²) in [6.07, 6.45) is 0. The summed E-state index contributed by atoms with van der Waals surface area (Å²) in [6.45, 7) is 0. The average molecular weight is 393 g/mol. The number of hydrogen-bond donors (Lipinski definition) is 1. The third kappa shape index (κ3) is 3.24. The fourth-order valence-corrected chi connectivity index (χ4v) is 3.49.